The van der Waals surface area contributed by atoms with Crippen LogP contribution in [0.15, 0.2) is 29.0 Å². The van der Waals surface area contributed by atoms with Crippen molar-refractivity contribution in [3.8, 4) is 0 Å². The van der Waals surface area contributed by atoms with Crippen LogP contribution >= 0.6 is 0 Å². The van der Waals surface area contributed by atoms with Crippen molar-refractivity contribution in [2.24, 2.45) is 4.99 Å². The first kappa shape index (κ1) is 11.0. The van der Waals surface area contributed by atoms with Crippen molar-refractivity contribution in [3.63, 3.8) is 0 Å². The summed E-state index contributed by atoms with van der Waals surface area (Å²) in [5.41, 5.74) is 1.78. The molecule has 68 valence electrons. The lowest BCUT2D eigenvalue weighted by atomic mass is 10.1. The van der Waals surface area contributed by atoms with Crippen molar-refractivity contribution < 1.29 is 4.74 Å². The van der Waals surface area contributed by atoms with E-state index in [1.807, 2.05) is 26.8 Å². The molecule has 0 aromatic heterocycles. The van der Waals surface area contributed by atoms with Gasteiger partial charge in [-0.2, -0.15) is 0 Å². The maximum Gasteiger partial charge on any atom is 0.123 e. The molecule has 0 bridgehead atoms. The molecule has 12 heavy (non-hydrogen) atoms. The number of allylic oxidation sites excluding steroid dienone is 2. The van der Waals surface area contributed by atoms with Gasteiger partial charge in [-0.15, -0.1) is 0 Å². The fraction of sp³-hybridized carbons (Fsp3) is 0.500. The second-order valence-electron chi connectivity index (χ2n) is 2.37. The second-order valence-corrected chi connectivity index (χ2v) is 2.37. The zero-order valence-corrected chi connectivity index (χ0v) is 8.35. The molecule has 0 rings (SSSR count). The maximum atomic E-state index is 5.36. The summed E-state index contributed by atoms with van der Waals surface area (Å²) in [5, 5.41) is 0. The molecule has 0 atom stereocenters. The molecular formula is C10H17NO. The van der Waals surface area contributed by atoms with Gasteiger partial charge in [-0.3, -0.25) is 4.99 Å². The van der Waals surface area contributed by atoms with E-state index in [1.54, 1.807) is 7.05 Å². The van der Waals surface area contributed by atoms with E-state index in [0.717, 1.165) is 17.0 Å². The van der Waals surface area contributed by atoms with Crippen LogP contribution in [0, 0.1) is 0 Å². The first-order valence-corrected chi connectivity index (χ1v) is 4.09. The van der Waals surface area contributed by atoms with Crippen LogP contribution in [0.3, 0.4) is 0 Å². The molecular weight excluding hydrogens is 150 g/mol. The third-order valence-corrected chi connectivity index (χ3v) is 1.63. The highest BCUT2D eigenvalue weighted by molar-refractivity contribution is 6.00. The molecule has 0 saturated heterocycles. The van der Waals surface area contributed by atoms with Crippen LogP contribution in [-0.4, -0.2) is 19.4 Å². The Morgan fingerprint density at radius 2 is 2.17 bits per heavy atom. The van der Waals surface area contributed by atoms with Crippen LogP contribution in [0.2, 0.25) is 0 Å². The molecule has 2 heteroatoms. The van der Waals surface area contributed by atoms with Gasteiger partial charge in [0, 0.05) is 18.3 Å². The Labute approximate surface area is 74.7 Å². The van der Waals surface area contributed by atoms with Gasteiger partial charge in [-0.05, 0) is 26.8 Å². The number of nitrogens with zero attached hydrogens (tertiary/aromatic N) is 1. The predicted molar refractivity (Wildman–Crippen MR) is 53.6 cm³/mol. The van der Waals surface area contributed by atoms with Gasteiger partial charge in [0.1, 0.15) is 5.76 Å². The minimum Gasteiger partial charge on any atom is -0.494 e. The van der Waals surface area contributed by atoms with E-state index in [9.17, 15) is 0 Å². The summed E-state index contributed by atoms with van der Waals surface area (Å²) >= 11 is 0. The normalized spacial score (nSPS) is 13.0. The number of rotatable bonds is 4. The highest BCUT2D eigenvalue weighted by Crippen LogP contribution is 2.10. The van der Waals surface area contributed by atoms with Gasteiger partial charge in [-0.1, -0.05) is 6.58 Å². The monoisotopic (exact) mass is 167 g/mol. The lowest BCUT2D eigenvalue weighted by molar-refractivity contribution is 0.239. The van der Waals surface area contributed by atoms with Gasteiger partial charge in [0.25, 0.3) is 0 Å². The van der Waals surface area contributed by atoms with Gasteiger partial charge in [-0.25, -0.2) is 0 Å². The van der Waals surface area contributed by atoms with Crippen LogP contribution < -0.4 is 0 Å². The summed E-state index contributed by atoms with van der Waals surface area (Å²) in [7, 11) is 1.75. The van der Waals surface area contributed by atoms with E-state index in [2.05, 4.69) is 11.6 Å². The predicted octanol–water partition coefficient (Wildman–Crippen LogP) is 2.57. The van der Waals surface area contributed by atoms with Crippen molar-refractivity contribution in [2.75, 3.05) is 13.7 Å². The first-order chi connectivity index (χ1) is 5.67. The van der Waals surface area contributed by atoms with E-state index in [0.29, 0.717) is 6.61 Å². The average Bonchev–Trinajstić information content (AvgIpc) is 2.11. The van der Waals surface area contributed by atoms with Crippen LogP contribution in [-0.2, 0) is 4.74 Å². The molecule has 0 amide bonds. The second kappa shape index (κ2) is 5.58. The molecule has 0 N–H and O–H groups in total. The number of hydrogen-bond donors (Lipinski definition) is 0. The van der Waals surface area contributed by atoms with Crippen LogP contribution in [0.4, 0.5) is 0 Å². The van der Waals surface area contributed by atoms with Crippen molar-refractivity contribution in [3.05, 3.63) is 24.0 Å². The van der Waals surface area contributed by atoms with Crippen molar-refractivity contribution in [1.82, 2.24) is 0 Å². The molecule has 0 aliphatic heterocycles. The maximum absolute atomic E-state index is 5.36. The van der Waals surface area contributed by atoms with Crippen molar-refractivity contribution in [1.29, 1.82) is 0 Å². The molecule has 2 nitrogen and oxygen atoms in total. The Morgan fingerprint density at radius 3 is 2.50 bits per heavy atom. The topological polar surface area (TPSA) is 21.6 Å². The van der Waals surface area contributed by atoms with Crippen LogP contribution in [0.1, 0.15) is 20.8 Å². The Balaban J connectivity index is 4.44. The van der Waals surface area contributed by atoms with Crippen LogP contribution in [0.25, 0.3) is 0 Å². The molecule has 0 aromatic rings. The molecule has 0 heterocycles. The minimum absolute atomic E-state index is 0.662. The average molecular weight is 167 g/mol. The zero-order valence-electron chi connectivity index (χ0n) is 8.35. The van der Waals surface area contributed by atoms with Gasteiger partial charge in [0.2, 0.25) is 0 Å². The molecule has 0 saturated carbocycles. The van der Waals surface area contributed by atoms with Crippen LogP contribution in [0.5, 0.6) is 0 Å². The zero-order chi connectivity index (χ0) is 9.56. The first-order valence-electron chi connectivity index (χ1n) is 4.09. The smallest absolute Gasteiger partial charge is 0.123 e. The fourth-order valence-electron chi connectivity index (χ4n) is 0.813. The molecule has 0 aliphatic carbocycles. The summed E-state index contributed by atoms with van der Waals surface area (Å²) < 4.78 is 5.36. The van der Waals surface area contributed by atoms with Gasteiger partial charge in [0.05, 0.1) is 6.61 Å². The highest BCUT2D eigenvalue weighted by atomic mass is 16.5. The van der Waals surface area contributed by atoms with E-state index in [-0.39, 0.29) is 0 Å². The third kappa shape index (κ3) is 2.91. The van der Waals surface area contributed by atoms with E-state index in [4.69, 9.17) is 4.74 Å². The number of hydrogen-bond acceptors (Lipinski definition) is 2. The summed E-state index contributed by atoms with van der Waals surface area (Å²) in [6.07, 6.45) is 1.90. The third-order valence-electron chi connectivity index (χ3n) is 1.63. The molecule has 0 radical (unpaired) electrons. The van der Waals surface area contributed by atoms with E-state index < -0.39 is 0 Å². The standard InChI is InChI=1S/C10H17NO/c1-6-10(12-7-2)8(3)9(4)11-5/h6H,3,7H2,1-2,4-5H3/b10-6+,11-9?. The Kier molecular flexibility index (Phi) is 5.09. The SMILES string of the molecule is C=C(C(C)=NC)/C(=C\C)OCC. The lowest BCUT2D eigenvalue weighted by Crippen LogP contribution is -2.02. The summed E-state index contributed by atoms with van der Waals surface area (Å²) in [6.45, 7) is 10.4. The van der Waals surface area contributed by atoms with Gasteiger partial charge < -0.3 is 4.74 Å². The number of aliphatic imine (C=N–C) groups is 1. The lowest BCUT2D eigenvalue weighted by Gasteiger charge is -2.09. The summed E-state index contributed by atoms with van der Waals surface area (Å²) in [5.74, 6) is 0.820. The van der Waals surface area contributed by atoms with E-state index in [1.165, 1.54) is 0 Å². The van der Waals surface area contributed by atoms with E-state index >= 15 is 0 Å². The van der Waals surface area contributed by atoms with Crippen molar-refractivity contribution >= 4 is 5.71 Å². The minimum atomic E-state index is 0.662. The van der Waals surface area contributed by atoms with Gasteiger partial charge >= 0.3 is 0 Å². The molecule has 0 fully saturated rings. The Morgan fingerprint density at radius 1 is 1.58 bits per heavy atom. The highest BCUT2D eigenvalue weighted by Gasteiger charge is 2.04. The Bertz CT molecular complexity index is 214. The number of ether oxygens (including phenoxy) is 1. The quantitative estimate of drug-likeness (QED) is 0.358. The molecule has 0 aliphatic rings. The summed E-state index contributed by atoms with van der Waals surface area (Å²) in [6, 6.07) is 0. The molecule has 0 unspecified atom stereocenters. The Hall–Kier alpha value is -1.05. The largest absolute Gasteiger partial charge is 0.494 e. The van der Waals surface area contributed by atoms with Gasteiger partial charge in [0.15, 0.2) is 0 Å². The molecule has 0 aromatic carbocycles. The molecule has 0 spiro atoms. The van der Waals surface area contributed by atoms with Crippen molar-refractivity contribution in [2.45, 2.75) is 20.8 Å². The fourth-order valence-corrected chi connectivity index (χ4v) is 0.813. The summed E-state index contributed by atoms with van der Waals surface area (Å²) in [4.78, 5) is 4.04.